The van der Waals surface area contributed by atoms with Crippen LogP contribution in [-0.4, -0.2) is 18.4 Å². The number of Topliss-reactive ketones (excluding diaryl/α,β-unsaturated/α-hetero) is 1. The molecular formula is C16H24O3. The lowest BCUT2D eigenvalue weighted by molar-refractivity contribution is -0.140. The minimum absolute atomic E-state index is 0.132. The second-order valence-corrected chi connectivity index (χ2v) is 4.85. The molecule has 0 N–H and O–H groups in total. The second kappa shape index (κ2) is 8.68. The van der Waals surface area contributed by atoms with Gasteiger partial charge in [-0.3, -0.25) is 4.79 Å². The molecule has 0 fully saturated rings. The normalized spacial score (nSPS) is 15.9. The van der Waals surface area contributed by atoms with Gasteiger partial charge in [0.2, 0.25) is 0 Å². The van der Waals surface area contributed by atoms with E-state index < -0.39 is 5.97 Å². The number of ketones is 1. The molecule has 0 spiro atoms. The first kappa shape index (κ1) is 15.7. The first-order valence-corrected chi connectivity index (χ1v) is 7.30. The quantitative estimate of drug-likeness (QED) is 0.231. The zero-order chi connectivity index (χ0) is 14.1. The predicted octanol–water partition coefficient (Wildman–Crippen LogP) is 3.74. The third kappa shape index (κ3) is 5.41. The van der Waals surface area contributed by atoms with Gasteiger partial charge in [-0.2, -0.15) is 0 Å². The Labute approximate surface area is 115 Å². The zero-order valence-corrected chi connectivity index (χ0v) is 12.0. The molecule has 0 aromatic carbocycles. The summed E-state index contributed by atoms with van der Waals surface area (Å²) in [4.78, 5) is 23.8. The lowest BCUT2D eigenvalue weighted by Gasteiger charge is -2.11. The van der Waals surface area contributed by atoms with Gasteiger partial charge >= 0.3 is 5.97 Å². The monoisotopic (exact) mass is 264 g/mol. The van der Waals surface area contributed by atoms with Crippen molar-refractivity contribution in [1.29, 1.82) is 0 Å². The largest absolute Gasteiger partial charge is 0.462 e. The molecule has 19 heavy (non-hydrogen) atoms. The maximum Gasteiger partial charge on any atom is 0.341 e. The van der Waals surface area contributed by atoms with Gasteiger partial charge in [0.1, 0.15) is 5.57 Å². The number of esters is 1. The fourth-order valence-corrected chi connectivity index (χ4v) is 2.01. The standard InChI is InChI=1S/C16H24O3/c1-3-5-11-19-16(18)14(15(17)4-2)12-13-9-7-6-8-10-13/h9,12H,3-8,10-11H2,1-2H3. The smallest absolute Gasteiger partial charge is 0.341 e. The van der Waals surface area contributed by atoms with Gasteiger partial charge in [-0.25, -0.2) is 4.79 Å². The molecule has 0 heterocycles. The number of unbranched alkanes of at least 4 members (excludes halogenated alkanes) is 1. The summed E-state index contributed by atoms with van der Waals surface area (Å²) in [7, 11) is 0. The number of hydrogen-bond acceptors (Lipinski definition) is 3. The van der Waals surface area contributed by atoms with E-state index in [9.17, 15) is 9.59 Å². The van der Waals surface area contributed by atoms with E-state index in [-0.39, 0.29) is 11.4 Å². The van der Waals surface area contributed by atoms with Crippen LogP contribution < -0.4 is 0 Å². The third-order valence-electron chi connectivity index (χ3n) is 3.23. The van der Waals surface area contributed by atoms with Crippen LogP contribution in [0.1, 0.15) is 58.8 Å². The van der Waals surface area contributed by atoms with E-state index in [0.717, 1.165) is 37.7 Å². The van der Waals surface area contributed by atoms with Crippen LogP contribution in [0.25, 0.3) is 0 Å². The van der Waals surface area contributed by atoms with Crippen LogP contribution in [0.15, 0.2) is 23.3 Å². The summed E-state index contributed by atoms with van der Waals surface area (Å²) < 4.78 is 5.15. The maximum atomic E-state index is 12.0. The number of rotatable bonds is 7. The molecule has 0 saturated carbocycles. The molecule has 0 aromatic rings. The number of allylic oxidation sites excluding steroid dienone is 3. The first-order valence-electron chi connectivity index (χ1n) is 7.30. The van der Waals surface area contributed by atoms with E-state index in [4.69, 9.17) is 4.74 Å². The van der Waals surface area contributed by atoms with Gasteiger partial charge in [0.05, 0.1) is 6.61 Å². The van der Waals surface area contributed by atoms with Gasteiger partial charge in [0.25, 0.3) is 0 Å². The average Bonchev–Trinajstić information content (AvgIpc) is 2.45. The fraction of sp³-hybridized carbons (Fsp3) is 0.625. The molecule has 0 radical (unpaired) electrons. The van der Waals surface area contributed by atoms with Crippen molar-refractivity contribution in [1.82, 2.24) is 0 Å². The Balaban J connectivity index is 2.76. The Morgan fingerprint density at radius 2 is 2.11 bits per heavy atom. The molecule has 1 rings (SSSR count). The molecule has 0 atom stereocenters. The SMILES string of the molecule is CCCCOC(=O)C(=CC1=CCCCC1)C(=O)CC. The Hall–Kier alpha value is -1.38. The van der Waals surface area contributed by atoms with E-state index >= 15 is 0 Å². The van der Waals surface area contributed by atoms with Gasteiger partial charge in [-0.1, -0.05) is 31.9 Å². The van der Waals surface area contributed by atoms with Crippen molar-refractivity contribution in [2.75, 3.05) is 6.61 Å². The van der Waals surface area contributed by atoms with E-state index in [2.05, 4.69) is 6.08 Å². The van der Waals surface area contributed by atoms with Crippen LogP contribution >= 0.6 is 0 Å². The summed E-state index contributed by atoms with van der Waals surface area (Å²) >= 11 is 0. The highest BCUT2D eigenvalue weighted by atomic mass is 16.5. The minimum atomic E-state index is -0.466. The molecule has 0 aromatic heterocycles. The summed E-state index contributed by atoms with van der Waals surface area (Å²) in [6.07, 6.45) is 10.3. The summed E-state index contributed by atoms with van der Waals surface area (Å²) in [5.41, 5.74) is 1.31. The van der Waals surface area contributed by atoms with Gasteiger partial charge in [0.15, 0.2) is 5.78 Å². The van der Waals surface area contributed by atoms with E-state index in [1.54, 1.807) is 13.0 Å². The van der Waals surface area contributed by atoms with E-state index in [1.165, 1.54) is 6.42 Å². The number of carbonyl (C=O) groups excluding carboxylic acids is 2. The molecule has 0 saturated heterocycles. The summed E-state index contributed by atoms with van der Waals surface area (Å²) in [6.45, 7) is 4.20. The molecule has 0 unspecified atom stereocenters. The van der Waals surface area contributed by atoms with Crippen LogP contribution in [-0.2, 0) is 14.3 Å². The third-order valence-corrected chi connectivity index (χ3v) is 3.23. The van der Waals surface area contributed by atoms with Crippen molar-refractivity contribution >= 4 is 11.8 Å². The lowest BCUT2D eigenvalue weighted by atomic mass is 9.96. The van der Waals surface area contributed by atoms with Crippen LogP contribution in [0, 0.1) is 0 Å². The Morgan fingerprint density at radius 1 is 1.32 bits per heavy atom. The molecule has 106 valence electrons. The minimum Gasteiger partial charge on any atom is -0.462 e. The lowest BCUT2D eigenvalue weighted by Crippen LogP contribution is -2.16. The molecule has 1 aliphatic carbocycles. The van der Waals surface area contributed by atoms with Gasteiger partial charge in [0, 0.05) is 6.42 Å². The average molecular weight is 264 g/mol. The molecule has 0 amide bonds. The Bertz CT molecular complexity index is 377. The number of hydrogen-bond donors (Lipinski definition) is 0. The van der Waals surface area contributed by atoms with E-state index in [1.807, 2.05) is 6.92 Å². The predicted molar refractivity (Wildman–Crippen MR) is 75.8 cm³/mol. The molecule has 0 aliphatic heterocycles. The van der Waals surface area contributed by atoms with Crippen molar-refractivity contribution in [2.24, 2.45) is 0 Å². The summed E-state index contributed by atoms with van der Waals surface area (Å²) in [5.74, 6) is -0.597. The first-order chi connectivity index (χ1) is 9.19. The van der Waals surface area contributed by atoms with Crippen molar-refractivity contribution in [3.8, 4) is 0 Å². The highest BCUT2D eigenvalue weighted by Gasteiger charge is 2.19. The summed E-state index contributed by atoms with van der Waals surface area (Å²) in [6, 6.07) is 0. The number of carbonyl (C=O) groups is 2. The Morgan fingerprint density at radius 3 is 2.68 bits per heavy atom. The van der Waals surface area contributed by atoms with Crippen LogP contribution in [0.2, 0.25) is 0 Å². The topological polar surface area (TPSA) is 43.4 Å². The molecule has 0 bridgehead atoms. The fourth-order valence-electron chi connectivity index (χ4n) is 2.01. The zero-order valence-electron chi connectivity index (χ0n) is 12.0. The van der Waals surface area contributed by atoms with Crippen LogP contribution in [0.5, 0.6) is 0 Å². The second-order valence-electron chi connectivity index (χ2n) is 4.85. The maximum absolute atomic E-state index is 12.0. The van der Waals surface area contributed by atoms with Gasteiger partial charge in [-0.15, -0.1) is 0 Å². The van der Waals surface area contributed by atoms with E-state index in [0.29, 0.717) is 13.0 Å². The van der Waals surface area contributed by atoms with Crippen molar-refractivity contribution in [3.05, 3.63) is 23.3 Å². The highest BCUT2D eigenvalue weighted by Crippen LogP contribution is 2.20. The van der Waals surface area contributed by atoms with Crippen LogP contribution in [0.3, 0.4) is 0 Å². The molecule has 3 heteroatoms. The van der Waals surface area contributed by atoms with Crippen molar-refractivity contribution < 1.29 is 14.3 Å². The number of ether oxygens (including phenoxy) is 1. The van der Waals surface area contributed by atoms with Gasteiger partial charge in [-0.05, 0) is 38.2 Å². The van der Waals surface area contributed by atoms with Crippen molar-refractivity contribution in [3.63, 3.8) is 0 Å². The summed E-state index contributed by atoms with van der Waals surface area (Å²) in [5, 5.41) is 0. The highest BCUT2D eigenvalue weighted by molar-refractivity contribution is 6.17. The molecule has 1 aliphatic rings. The van der Waals surface area contributed by atoms with Gasteiger partial charge < -0.3 is 4.74 Å². The van der Waals surface area contributed by atoms with Crippen molar-refractivity contribution in [2.45, 2.75) is 58.8 Å². The molecular weight excluding hydrogens is 240 g/mol. The van der Waals surface area contributed by atoms with Crippen LogP contribution in [0.4, 0.5) is 0 Å². The Kier molecular flexibility index (Phi) is 7.16. The molecule has 3 nitrogen and oxygen atoms in total.